The minimum Gasteiger partial charge on any atom is -0.337 e. The Hall–Kier alpha value is -1.56. The Morgan fingerprint density at radius 1 is 1.41 bits per heavy atom. The second-order valence-corrected chi connectivity index (χ2v) is 7.13. The lowest BCUT2D eigenvalue weighted by molar-refractivity contribution is -0.114. The van der Waals surface area contributed by atoms with Gasteiger partial charge < -0.3 is 10.2 Å². The first-order chi connectivity index (χ1) is 10.4. The van der Waals surface area contributed by atoms with Crippen molar-refractivity contribution in [2.75, 3.05) is 24.2 Å². The summed E-state index contributed by atoms with van der Waals surface area (Å²) in [6.45, 7) is 7.01. The van der Waals surface area contributed by atoms with Crippen LogP contribution in [0.3, 0.4) is 0 Å². The smallest absolute Gasteiger partial charge is 0.253 e. The van der Waals surface area contributed by atoms with Gasteiger partial charge in [0.2, 0.25) is 5.91 Å². The molecule has 2 rings (SSSR count). The second kappa shape index (κ2) is 7.13. The van der Waals surface area contributed by atoms with Crippen molar-refractivity contribution < 1.29 is 14.0 Å². The molecule has 0 aromatic heterocycles. The molecule has 0 spiro atoms. The van der Waals surface area contributed by atoms with Crippen LogP contribution in [0.5, 0.6) is 0 Å². The zero-order valence-electron chi connectivity index (χ0n) is 13.1. The number of carbonyl (C=O) groups is 2. The first kappa shape index (κ1) is 16.8. The van der Waals surface area contributed by atoms with E-state index in [0.717, 1.165) is 5.75 Å². The largest absolute Gasteiger partial charge is 0.337 e. The summed E-state index contributed by atoms with van der Waals surface area (Å²) in [5.41, 5.74) is 0.449. The summed E-state index contributed by atoms with van der Waals surface area (Å²) < 4.78 is 13.7. The van der Waals surface area contributed by atoms with Crippen LogP contribution >= 0.6 is 11.8 Å². The van der Waals surface area contributed by atoms with Crippen molar-refractivity contribution in [1.82, 2.24) is 4.90 Å². The fourth-order valence-electron chi connectivity index (χ4n) is 2.39. The normalized spacial score (nSPS) is 18.4. The van der Waals surface area contributed by atoms with Gasteiger partial charge >= 0.3 is 0 Å². The molecule has 1 saturated heterocycles. The van der Waals surface area contributed by atoms with E-state index in [2.05, 4.69) is 19.2 Å². The summed E-state index contributed by atoms with van der Waals surface area (Å²) in [4.78, 5) is 25.5. The molecule has 0 bridgehead atoms. The van der Waals surface area contributed by atoms with Crippen LogP contribution in [-0.2, 0) is 4.79 Å². The van der Waals surface area contributed by atoms with Crippen LogP contribution in [0, 0.1) is 11.7 Å². The van der Waals surface area contributed by atoms with Gasteiger partial charge in [-0.3, -0.25) is 9.59 Å². The molecule has 1 fully saturated rings. The molecule has 1 atom stereocenters. The third kappa shape index (κ3) is 4.00. The van der Waals surface area contributed by atoms with E-state index in [1.54, 1.807) is 0 Å². The number of amides is 2. The SMILES string of the molecule is CC(=O)Nc1cc(C(=O)N2CCS[C@H](C(C)C)C2)ccc1F. The molecule has 0 radical (unpaired) electrons. The molecule has 1 aliphatic rings. The first-order valence-electron chi connectivity index (χ1n) is 7.36. The lowest BCUT2D eigenvalue weighted by Crippen LogP contribution is -2.43. The Balaban J connectivity index is 2.16. The van der Waals surface area contributed by atoms with Crippen molar-refractivity contribution in [1.29, 1.82) is 0 Å². The average molecular weight is 324 g/mol. The molecule has 0 unspecified atom stereocenters. The molecule has 22 heavy (non-hydrogen) atoms. The number of hydrogen-bond donors (Lipinski definition) is 1. The van der Waals surface area contributed by atoms with E-state index in [0.29, 0.717) is 29.8 Å². The maximum atomic E-state index is 13.7. The van der Waals surface area contributed by atoms with Gasteiger partial charge in [-0.1, -0.05) is 13.8 Å². The van der Waals surface area contributed by atoms with Crippen LogP contribution in [-0.4, -0.2) is 40.8 Å². The minimum absolute atomic E-state index is 0.0464. The zero-order chi connectivity index (χ0) is 16.3. The summed E-state index contributed by atoms with van der Waals surface area (Å²) in [6, 6.07) is 4.09. The highest BCUT2D eigenvalue weighted by Crippen LogP contribution is 2.26. The van der Waals surface area contributed by atoms with Crippen LogP contribution in [0.4, 0.5) is 10.1 Å². The van der Waals surface area contributed by atoms with Crippen LogP contribution in [0.25, 0.3) is 0 Å². The van der Waals surface area contributed by atoms with Crippen molar-refractivity contribution in [2.24, 2.45) is 5.92 Å². The number of rotatable bonds is 3. The number of anilines is 1. The Kier molecular flexibility index (Phi) is 5.45. The van der Waals surface area contributed by atoms with E-state index in [1.807, 2.05) is 16.7 Å². The lowest BCUT2D eigenvalue weighted by atomic mass is 10.1. The van der Waals surface area contributed by atoms with Gasteiger partial charge in [0, 0.05) is 36.6 Å². The molecule has 0 saturated carbocycles. The van der Waals surface area contributed by atoms with Gasteiger partial charge in [-0.15, -0.1) is 0 Å². The summed E-state index contributed by atoms with van der Waals surface area (Å²) in [5, 5.41) is 2.83. The van der Waals surface area contributed by atoms with Crippen LogP contribution in [0.2, 0.25) is 0 Å². The van der Waals surface area contributed by atoms with Crippen molar-refractivity contribution in [3.63, 3.8) is 0 Å². The van der Waals surface area contributed by atoms with E-state index in [4.69, 9.17) is 0 Å². The number of thioether (sulfide) groups is 1. The number of nitrogens with one attached hydrogen (secondary N) is 1. The number of nitrogens with zero attached hydrogens (tertiary/aromatic N) is 1. The summed E-state index contributed by atoms with van der Waals surface area (Å²) in [7, 11) is 0. The van der Waals surface area contributed by atoms with E-state index in [9.17, 15) is 14.0 Å². The third-order valence-corrected chi connectivity index (χ3v) is 5.19. The summed E-state index contributed by atoms with van der Waals surface area (Å²) >= 11 is 1.89. The molecule has 2 amide bonds. The minimum atomic E-state index is -0.541. The third-order valence-electron chi connectivity index (χ3n) is 3.65. The van der Waals surface area contributed by atoms with Gasteiger partial charge in [-0.05, 0) is 24.1 Å². The molecule has 1 N–H and O–H groups in total. The van der Waals surface area contributed by atoms with Gasteiger partial charge in [0.05, 0.1) is 5.69 Å². The summed E-state index contributed by atoms with van der Waals surface area (Å²) in [5.74, 6) is 0.397. The Labute approximate surface area is 134 Å². The standard InChI is InChI=1S/C16H21FN2O2S/c1-10(2)15-9-19(6-7-22-15)16(21)12-4-5-13(17)14(8-12)18-11(3)20/h4-5,8,10,15H,6-7,9H2,1-3H3,(H,18,20)/t15-/m0/s1. The van der Waals surface area contributed by atoms with Gasteiger partial charge in [-0.2, -0.15) is 11.8 Å². The Bertz CT molecular complexity index is 577. The highest BCUT2D eigenvalue weighted by Gasteiger charge is 2.27. The molecule has 0 aliphatic carbocycles. The molecule has 6 heteroatoms. The lowest BCUT2D eigenvalue weighted by Gasteiger charge is -2.34. The predicted molar refractivity (Wildman–Crippen MR) is 87.7 cm³/mol. The molecule has 120 valence electrons. The fraction of sp³-hybridized carbons (Fsp3) is 0.500. The first-order valence-corrected chi connectivity index (χ1v) is 8.41. The quantitative estimate of drug-likeness (QED) is 0.930. The van der Waals surface area contributed by atoms with Crippen LogP contribution < -0.4 is 5.32 Å². The summed E-state index contributed by atoms with van der Waals surface area (Å²) in [6.07, 6.45) is 0. The monoisotopic (exact) mass is 324 g/mol. The van der Waals surface area contributed by atoms with E-state index >= 15 is 0 Å². The van der Waals surface area contributed by atoms with Crippen LogP contribution in [0.1, 0.15) is 31.1 Å². The number of carbonyl (C=O) groups excluding carboxylic acids is 2. The second-order valence-electron chi connectivity index (χ2n) is 5.78. The molecule has 4 nitrogen and oxygen atoms in total. The topological polar surface area (TPSA) is 49.4 Å². The van der Waals surface area contributed by atoms with Crippen molar-refractivity contribution in [3.8, 4) is 0 Å². The van der Waals surface area contributed by atoms with Gasteiger partial charge in [0.1, 0.15) is 5.82 Å². The van der Waals surface area contributed by atoms with Crippen molar-refractivity contribution in [2.45, 2.75) is 26.0 Å². The van der Waals surface area contributed by atoms with E-state index < -0.39 is 5.82 Å². The Morgan fingerprint density at radius 3 is 2.77 bits per heavy atom. The van der Waals surface area contributed by atoms with Crippen molar-refractivity contribution in [3.05, 3.63) is 29.6 Å². The van der Waals surface area contributed by atoms with E-state index in [-0.39, 0.29) is 17.5 Å². The zero-order valence-corrected chi connectivity index (χ0v) is 13.9. The van der Waals surface area contributed by atoms with E-state index in [1.165, 1.54) is 25.1 Å². The molecule has 1 aromatic carbocycles. The van der Waals surface area contributed by atoms with Crippen molar-refractivity contribution >= 4 is 29.3 Å². The van der Waals surface area contributed by atoms with Gasteiger partial charge in [-0.25, -0.2) is 4.39 Å². The Morgan fingerprint density at radius 2 is 2.14 bits per heavy atom. The average Bonchev–Trinajstić information content (AvgIpc) is 2.48. The predicted octanol–water partition coefficient (Wildman–Crippen LogP) is 3.00. The molecule has 1 aromatic rings. The number of halogens is 1. The molecular formula is C16H21FN2O2S. The molecular weight excluding hydrogens is 303 g/mol. The highest BCUT2D eigenvalue weighted by atomic mass is 32.2. The highest BCUT2D eigenvalue weighted by molar-refractivity contribution is 8.00. The maximum absolute atomic E-state index is 13.7. The fourth-order valence-corrected chi connectivity index (χ4v) is 3.69. The maximum Gasteiger partial charge on any atom is 0.253 e. The number of benzene rings is 1. The van der Waals surface area contributed by atoms with Crippen LogP contribution in [0.15, 0.2) is 18.2 Å². The molecule has 1 heterocycles. The van der Waals surface area contributed by atoms with Gasteiger partial charge in [0.25, 0.3) is 5.91 Å². The molecule has 1 aliphatic heterocycles. The number of hydrogen-bond acceptors (Lipinski definition) is 3. The van der Waals surface area contributed by atoms with Gasteiger partial charge in [0.15, 0.2) is 0 Å².